The maximum atomic E-state index is 3.58. The van der Waals surface area contributed by atoms with Crippen molar-refractivity contribution in [3.8, 4) is 0 Å². The van der Waals surface area contributed by atoms with Gasteiger partial charge in [0.05, 0.1) is 0 Å². The van der Waals surface area contributed by atoms with E-state index in [1.165, 1.54) is 51.7 Å². The molecule has 0 saturated carbocycles. The predicted octanol–water partition coefficient (Wildman–Crippen LogP) is 2.64. The van der Waals surface area contributed by atoms with Crippen LogP contribution in [0.3, 0.4) is 0 Å². The molecule has 1 fully saturated rings. The lowest BCUT2D eigenvalue weighted by atomic mass is 10.1. The van der Waals surface area contributed by atoms with Gasteiger partial charge in [0.1, 0.15) is 0 Å². The molecule has 2 unspecified atom stereocenters. The fraction of sp³-hybridized carbons (Fsp3) is 1.00. The van der Waals surface area contributed by atoms with Crippen molar-refractivity contribution in [3.05, 3.63) is 0 Å². The molecule has 90 valence electrons. The molecule has 0 aliphatic carbocycles. The molecule has 1 N–H and O–H groups in total. The Morgan fingerprint density at radius 2 is 1.80 bits per heavy atom. The summed E-state index contributed by atoms with van der Waals surface area (Å²) in [5.74, 6) is 0. The van der Waals surface area contributed by atoms with Crippen LogP contribution in [0, 0.1) is 0 Å². The summed E-state index contributed by atoms with van der Waals surface area (Å²) in [4.78, 5) is 2.65. The molecule has 0 bridgehead atoms. The smallest absolute Gasteiger partial charge is 0.00790 e. The third-order valence-electron chi connectivity index (χ3n) is 3.68. The highest BCUT2D eigenvalue weighted by Crippen LogP contribution is 2.13. The molecule has 2 nitrogen and oxygen atoms in total. The number of hydrogen-bond acceptors (Lipinski definition) is 2. The summed E-state index contributed by atoms with van der Waals surface area (Å²) < 4.78 is 0. The van der Waals surface area contributed by atoms with Gasteiger partial charge in [-0.1, -0.05) is 13.3 Å². The van der Waals surface area contributed by atoms with Gasteiger partial charge in [0.2, 0.25) is 0 Å². The second-order valence-corrected chi connectivity index (χ2v) is 5.00. The van der Waals surface area contributed by atoms with Crippen molar-refractivity contribution in [2.75, 3.05) is 19.6 Å². The van der Waals surface area contributed by atoms with Crippen LogP contribution in [0.5, 0.6) is 0 Å². The number of nitrogens with one attached hydrogen (secondary N) is 1. The molecular weight excluding hydrogens is 184 g/mol. The number of likely N-dealkylation sites (tertiary alicyclic amines) is 1. The normalized spacial score (nSPS) is 22.6. The zero-order valence-electron chi connectivity index (χ0n) is 10.8. The van der Waals surface area contributed by atoms with E-state index in [1.807, 2.05) is 0 Å². The van der Waals surface area contributed by atoms with E-state index in [2.05, 4.69) is 31.0 Å². The van der Waals surface area contributed by atoms with E-state index >= 15 is 0 Å². The number of hydrogen-bond donors (Lipinski definition) is 1. The highest BCUT2D eigenvalue weighted by atomic mass is 15.2. The Morgan fingerprint density at radius 1 is 1.13 bits per heavy atom. The van der Waals surface area contributed by atoms with E-state index in [0.717, 1.165) is 6.04 Å². The lowest BCUT2D eigenvalue weighted by Gasteiger charge is -2.32. The van der Waals surface area contributed by atoms with Crippen molar-refractivity contribution in [2.45, 2.75) is 65.0 Å². The molecular formula is C13H28N2. The van der Waals surface area contributed by atoms with Gasteiger partial charge in [-0.2, -0.15) is 0 Å². The maximum absolute atomic E-state index is 3.58. The summed E-state index contributed by atoms with van der Waals surface area (Å²) in [5, 5.41) is 3.58. The van der Waals surface area contributed by atoms with Crippen LogP contribution in [0.4, 0.5) is 0 Å². The van der Waals surface area contributed by atoms with Crippen LogP contribution >= 0.6 is 0 Å². The van der Waals surface area contributed by atoms with Crippen LogP contribution in [0.2, 0.25) is 0 Å². The van der Waals surface area contributed by atoms with E-state index in [9.17, 15) is 0 Å². The van der Waals surface area contributed by atoms with Crippen molar-refractivity contribution in [3.63, 3.8) is 0 Å². The van der Waals surface area contributed by atoms with Crippen LogP contribution in [0.1, 0.15) is 52.9 Å². The van der Waals surface area contributed by atoms with Gasteiger partial charge in [0.15, 0.2) is 0 Å². The van der Waals surface area contributed by atoms with Gasteiger partial charge in [-0.25, -0.2) is 0 Å². The molecule has 1 rings (SSSR count). The van der Waals surface area contributed by atoms with Gasteiger partial charge in [-0.3, -0.25) is 0 Å². The molecule has 0 aromatic heterocycles. The molecule has 1 aliphatic rings. The fourth-order valence-corrected chi connectivity index (χ4v) is 2.22. The van der Waals surface area contributed by atoms with Gasteiger partial charge < -0.3 is 10.2 Å². The highest BCUT2D eigenvalue weighted by Gasteiger charge is 2.15. The van der Waals surface area contributed by atoms with Crippen molar-refractivity contribution in [1.29, 1.82) is 0 Å². The Balaban J connectivity index is 2.09. The monoisotopic (exact) mass is 212 g/mol. The van der Waals surface area contributed by atoms with E-state index in [1.54, 1.807) is 0 Å². The second-order valence-electron chi connectivity index (χ2n) is 5.00. The summed E-state index contributed by atoms with van der Waals surface area (Å²) in [7, 11) is 0. The van der Waals surface area contributed by atoms with Gasteiger partial charge >= 0.3 is 0 Å². The molecule has 1 heterocycles. The maximum Gasteiger partial charge on any atom is 0.00790 e. The summed E-state index contributed by atoms with van der Waals surface area (Å²) in [5.41, 5.74) is 0. The van der Waals surface area contributed by atoms with Gasteiger partial charge in [-0.05, 0) is 59.2 Å². The number of piperidine rings is 1. The standard InChI is InChI=1S/C13H28N2/c1-4-12(2)14-9-8-13(3)15-10-6-5-7-11-15/h12-14H,4-11H2,1-3H3. The Kier molecular flexibility index (Phi) is 6.26. The lowest BCUT2D eigenvalue weighted by Crippen LogP contribution is -2.39. The molecule has 0 aromatic rings. The van der Waals surface area contributed by atoms with Crippen LogP contribution in [0.15, 0.2) is 0 Å². The summed E-state index contributed by atoms with van der Waals surface area (Å²) in [6, 6.07) is 1.44. The minimum atomic E-state index is 0.679. The zero-order valence-corrected chi connectivity index (χ0v) is 10.8. The SMILES string of the molecule is CCC(C)NCCC(C)N1CCCCC1. The van der Waals surface area contributed by atoms with Crippen LogP contribution in [0.25, 0.3) is 0 Å². The highest BCUT2D eigenvalue weighted by molar-refractivity contribution is 4.72. The second kappa shape index (κ2) is 7.24. The van der Waals surface area contributed by atoms with Gasteiger partial charge in [0, 0.05) is 12.1 Å². The largest absolute Gasteiger partial charge is 0.314 e. The predicted molar refractivity (Wildman–Crippen MR) is 67.3 cm³/mol. The van der Waals surface area contributed by atoms with Gasteiger partial charge in [-0.15, -0.1) is 0 Å². The van der Waals surface area contributed by atoms with Crippen molar-refractivity contribution < 1.29 is 0 Å². The molecule has 15 heavy (non-hydrogen) atoms. The third-order valence-corrected chi connectivity index (χ3v) is 3.68. The average molecular weight is 212 g/mol. The van der Waals surface area contributed by atoms with Gasteiger partial charge in [0.25, 0.3) is 0 Å². The molecule has 2 atom stereocenters. The molecule has 1 aliphatic heterocycles. The summed E-state index contributed by atoms with van der Waals surface area (Å²) in [6.07, 6.45) is 6.78. The Morgan fingerprint density at radius 3 is 2.40 bits per heavy atom. The zero-order chi connectivity index (χ0) is 11.1. The number of nitrogens with zero attached hydrogens (tertiary/aromatic N) is 1. The fourth-order valence-electron chi connectivity index (χ4n) is 2.22. The average Bonchev–Trinajstić information content (AvgIpc) is 2.29. The first-order valence-corrected chi connectivity index (χ1v) is 6.71. The lowest BCUT2D eigenvalue weighted by molar-refractivity contribution is 0.165. The minimum absolute atomic E-state index is 0.679. The Labute approximate surface area is 95.4 Å². The molecule has 0 radical (unpaired) electrons. The van der Waals surface area contributed by atoms with Crippen LogP contribution in [-0.4, -0.2) is 36.6 Å². The molecule has 2 heteroatoms. The molecule has 1 saturated heterocycles. The molecule has 0 spiro atoms. The summed E-state index contributed by atoms with van der Waals surface area (Å²) >= 11 is 0. The first-order valence-electron chi connectivity index (χ1n) is 6.71. The van der Waals surface area contributed by atoms with E-state index in [-0.39, 0.29) is 0 Å². The van der Waals surface area contributed by atoms with E-state index < -0.39 is 0 Å². The minimum Gasteiger partial charge on any atom is -0.314 e. The first kappa shape index (κ1) is 13.0. The third kappa shape index (κ3) is 4.98. The number of rotatable bonds is 6. The summed E-state index contributed by atoms with van der Waals surface area (Å²) in [6.45, 7) is 10.7. The van der Waals surface area contributed by atoms with Crippen molar-refractivity contribution in [1.82, 2.24) is 10.2 Å². The topological polar surface area (TPSA) is 15.3 Å². The van der Waals surface area contributed by atoms with Crippen molar-refractivity contribution in [2.24, 2.45) is 0 Å². The van der Waals surface area contributed by atoms with Crippen molar-refractivity contribution >= 4 is 0 Å². The van der Waals surface area contributed by atoms with Crippen LogP contribution in [-0.2, 0) is 0 Å². The Bertz CT molecular complexity index is 153. The van der Waals surface area contributed by atoms with E-state index in [4.69, 9.17) is 0 Å². The molecule has 0 aromatic carbocycles. The van der Waals surface area contributed by atoms with E-state index in [0.29, 0.717) is 6.04 Å². The Hall–Kier alpha value is -0.0800. The molecule has 0 amide bonds. The first-order chi connectivity index (χ1) is 7.24. The van der Waals surface area contributed by atoms with Crippen LogP contribution < -0.4 is 5.32 Å². The quantitative estimate of drug-likeness (QED) is 0.728.